The number of aromatic nitrogens is 1. The van der Waals surface area contributed by atoms with Crippen molar-refractivity contribution in [2.75, 3.05) is 33.0 Å². The van der Waals surface area contributed by atoms with Gasteiger partial charge in [0.15, 0.2) is 16.6 Å². The summed E-state index contributed by atoms with van der Waals surface area (Å²) in [5.41, 5.74) is 9.41. The fourth-order valence-corrected chi connectivity index (χ4v) is 6.95. The van der Waals surface area contributed by atoms with E-state index in [-0.39, 0.29) is 11.5 Å². The van der Waals surface area contributed by atoms with Crippen LogP contribution in [0.5, 0.6) is 11.5 Å². The highest BCUT2D eigenvalue weighted by molar-refractivity contribution is 7.15. The molecule has 4 N–H and O–H groups in total. The van der Waals surface area contributed by atoms with Crippen molar-refractivity contribution in [2.45, 2.75) is 75.7 Å². The number of rotatable bonds is 4. The average Bonchev–Trinajstić information content (AvgIpc) is 3.34. The van der Waals surface area contributed by atoms with Gasteiger partial charge in [0.2, 0.25) is 0 Å². The molecule has 1 spiro atoms. The third-order valence-electron chi connectivity index (χ3n) is 7.79. The summed E-state index contributed by atoms with van der Waals surface area (Å²) in [6.07, 6.45) is 9.99. The van der Waals surface area contributed by atoms with Gasteiger partial charge in [-0.25, -0.2) is 4.98 Å². The van der Waals surface area contributed by atoms with E-state index < -0.39 is 6.10 Å². The van der Waals surface area contributed by atoms with E-state index >= 15 is 0 Å². The largest absolute Gasteiger partial charge is 0.493 e. The second kappa shape index (κ2) is 10.1. The Morgan fingerprint density at radius 1 is 1.40 bits per heavy atom. The number of nitrogens with zero attached hydrogens (tertiary/aromatic N) is 2. The fourth-order valence-electron chi connectivity index (χ4n) is 5.99. The first kappa shape index (κ1) is 24.6. The molecule has 0 amide bonds. The summed E-state index contributed by atoms with van der Waals surface area (Å²) < 4.78 is 11.8. The minimum atomic E-state index is -0.412. The number of aliphatic hydroxyl groups excluding tert-OH is 1. The van der Waals surface area contributed by atoms with E-state index in [1.165, 1.54) is 34.5 Å². The Bertz CT molecular complexity index is 1090. The van der Waals surface area contributed by atoms with Crippen LogP contribution in [0.1, 0.15) is 54.3 Å². The van der Waals surface area contributed by atoms with Crippen LogP contribution in [0.4, 0.5) is 5.13 Å². The second-order valence-electron chi connectivity index (χ2n) is 10.2. The molecule has 3 heterocycles. The lowest BCUT2D eigenvalue weighted by Gasteiger charge is -2.35. The molecular weight excluding hydrogens is 460 g/mol. The second-order valence-corrected chi connectivity index (χ2v) is 11.4. The Labute approximate surface area is 212 Å². The van der Waals surface area contributed by atoms with Gasteiger partial charge in [0, 0.05) is 29.4 Å². The number of nitrogens with one attached hydrogen (secondary N) is 1. The first-order chi connectivity index (χ1) is 16.9. The van der Waals surface area contributed by atoms with Crippen LogP contribution in [0, 0.1) is 0 Å². The number of benzene rings is 1. The molecule has 35 heavy (non-hydrogen) atoms. The van der Waals surface area contributed by atoms with Gasteiger partial charge in [0.1, 0.15) is 6.10 Å². The zero-order valence-corrected chi connectivity index (χ0v) is 21.9. The number of methoxy groups -OCH3 is 1. The molecule has 2 aliphatic carbocycles. The maximum Gasteiger partial charge on any atom is 0.180 e. The van der Waals surface area contributed by atoms with Crippen LogP contribution in [0.15, 0.2) is 24.3 Å². The average molecular weight is 499 g/mol. The molecule has 6 rings (SSSR count). The lowest BCUT2D eigenvalue weighted by molar-refractivity contribution is 0.0821. The zero-order chi connectivity index (χ0) is 24.6. The normalized spacial score (nSPS) is 28.6. The van der Waals surface area contributed by atoms with Crippen molar-refractivity contribution >= 4 is 16.5 Å². The Kier molecular flexibility index (Phi) is 7.08. The van der Waals surface area contributed by atoms with Gasteiger partial charge in [-0.05, 0) is 63.9 Å². The molecule has 0 saturated carbocycles. The van der Waals surface area contributed by atoms with Crippen molar-refractivity contribution in [1.29, 1.82) is 0 Å². The quantitative estimate of drug-likeness (QED) is 0.556. The van der Waals surface area contributed by atoms with E-state index in [1.54, 1.807) is 18.4 Å². The molecule has 0 fully saturated rings. The lowest BCUT2D eigenvalue weighted by Crippen LogP contribution is -2.42. The number of fused-ring (bicyclic) bond motifs is 1. The molecule has 190 valence electrons. The Balaban J connectivity index is 0.000000158. The number of aryl methyl sites for hydroxylation is 1. The highest BCUT2D eigenvalue weighted by Gasteiger charge is 2.52. The SMILES string of the molecule is CCCN[C@H]1CCc2nc(N)sc2C1.COc1ccc2c3c1O[C@H]1C[C@@H](O)C=C[C@@]31CCN(C)C2. The minimum absolute atomic E-state index is 0.00838. The van der Waals surface area contributed by atoms with Crippen LogP contribution in [0.25, 0.3) is 0 Å². The lowest BCUT2D eigenvalue weighted by atomic mass is 9.69. The van der Waals surface area contributed by atoms with E-state index in [2.05, 4.69) is 41.3 Å². The number of anilines is 1. The number of hydrogen-bond acceptors (Lipinski definition) is 8. The molecule has 0 bridgehead atoms. The summed E-state index contributed by atoms with van der Waals surface area (Å²) >= 11 is 1.65. The maximum absolute atomic E-state index is 9.97. The molecule has 2 aromatic rings. The van der Waals surface area contributed by atoms with Crippen molar-refractivity contribution in [3.63, 3.8) is 0 Å². The van der Waals surface area contributed by atoms with Crippen LogP contribution >= 0.6 is 11.3 Å². The highest BCUT2D eigenvalue weighted by atomic mass is 32.1. The van der Waals surface area contributed by atoms with Crippen LogP contribution in [-0.4, -0.2) is 60.5 Å². The van der Waals surface area contributed by atoms with Gasteiger partial charge in [-0.1, -0.05) is 25.1 Å². The van der Waals surface area contributed by atoms with E-state index in [0.29, 0.717) is 12.5 Å². The fraction of sp³-hybridized carbons (Fsp3) is 0.593. The molecule has 2 aliphatic heterocycles. The molecule has 0 radical (unpaired) electrons. The van der Waals surface area contributed by atoms with E-state index in [0.717, 1.165) is 55.5 Å². The van der Waals surface area contributed by atoms with Gasteiger partial charge in [-0.2, -0.15) is 0 Å². The maximum atomic E-state index is 9.97. The van der Waals surface area contributed by atoms with Gasteiger partial charge in [-0.15, -0.1) is 11.3 Å². The zero-order valence-electron chi connectivity index (χ0n) is 21.0. The molecule has 1 aromatic heterocycles. The number of aliphatic hydroxyl groups is 1. The summed E-state index contributed by atoms with van der Waals surface area (Å²) in [5, 5.41) is 14.3. The van der Waals surface area contributed by atoms with Crippen molar-refractivity contribution in [3.8, 4) is 11.5 Å². The topological polar surface area (TPSA) is 92.9 Å². The molecule has 0 saturated heterocycles. The number of nitrogen functional groups attached to an aromatic ring is 1. The summed E-state index contributed by atoms with van der Waals surface area (Å²) in [6, 6.07) is 4.80. The third kappa shape index (κ3) is 4.69. The molecule has 1 aromatic carbocycles. The summed E-state index contributed by atoms with van der Waals surface area (Å²) in [6.45, 7) is 5.28. The third-order valence-corrected chi connectivity index (χ3v) is 8.74. The number of hydrogen-bond donors (Lipinski definition) is 3. The molecule has 7 nitrogen and oxygen atoms in total. The summed E-state index contributed by atoms with van der Waals surface area (Å²) in [7, 11) is 3.84. The van der Waals surface area contributed by atoms with Crippen LogP contribution in [0.2, 0.25) is 0 Å². The smallest absolute Gasteiger partial charge is 0.180 e. The molecular formula is C27H38N4O3S. The summed E-state index contributed by atoms with van der Waals surface area (Å²) in [5.74, 6) is 1.68. The van der Waals surface area contributed by atoms with Gasteiger partial charge < -0.3 is 30.5 Å². The van der Waals surface area contributed by atoms with Gasteiger partial charge in [0.25, 0.3) is 0 Å². The first-order valence-electron chi connectivity index (χ1n) is 12.8. The van der Waals surface area contributed by atoms with Crippen LogP contribution in [0.3, 0.4) is 0 Å². The van der Waals surface area contributed by atoms with E-state index in [4.69, 9.17) is 15.2 Å². The van der Waals surface area contributed by atoms with Crippen molar-refractivity contribution < 1.29 is 14.6 Å². The minimum Gasteiger partial charge on any atom is -0.493 e. The van der Waals surface area contributed by atoms with Crippen molar-refractivity contribution in [1.82, 2.24) is 15.2 Å². The number of ether oxygens (including phenoxy) is 2. The molecule has 0 unspecified atom stereocenters. The van der Waals surface area contributed by atoms with E-state index in [1.807, 2.05) is 12.1 Å². The van der Waals surface area contributed by atoms with Gasteiger partial charge in [-0.3, -0.25) is 0 Å². The number of thiazole rings is 1. The van der Waals surface area contributed by atoms with Gasteiger partial charge in [0.05, 0.1) is 24.3 Å². The number of nitrogens with two attached hydrogens (primary N) is 1. The molecule has 4 aliphatic rings. The monoisotopic (exact) mass is 498 g/mol. The van der Waals surface area contributed by atoms with Crippen LogP contribution < -0.4 is 20.5 Å². The molecule has 4 atom stereocenters. The Morgan fingerprint density at radius 2 is 2.26 bits per heavy atom. The van der Waals surface area contributed by atoms with Crippen LogP contribution in [-0.2, 0) is 24.8 Å². The summed E-state index contributed by atoms with van der Waals surface area (Å²) in [4.78, 5) is 8.08. The standard InChI is InChI=1S/C17H21NO3.C10H17N3S/c1-18-8-7-17-6-5-12(19)9-14(17)21-16-13(20-2)4-3-11(10-18)15(16)17;1-2-5-12-7-3-4-8-9(6-7)14-10(11)13-8/h3-6,12,14,19H,7-10H2,1-2H3;7,12H,2-6H2,1H3,(H2,11,13)/t12-,14-,17-;7-/m00/s1. The highest BCUT2D eigenvalue weighted by Crippen LogP contribution is 2.55. The predicted molar refractivity (Wildman–Crippen MR) is 140 cm³/mol. The van der Waals surface area contributed by atoms with Crippen molar-refractivity contribution in [3.05, 3.63) is 46.0 Å². The van der Waals surface area contributed by atoms with Gasteiger partial charge >= 0.3 is 0 Å². The molecule has 8 heteroatoms. The first-order valence-corrected chi connectivity index (χ1v) is 13.7. The van der Waals surface area contributed by atoms with E-state index in [9.17, 15) is 5.11 Å². The van der Waals surface area contributed by atoms with Crippen molar-refractivity contribution in [2.24, 2.45) is 0 Å². The predicted octanol–water partition coefficient (Wildman–Crippen LogP) is 3.43. The Hall–Kier alpha value is -2.13. The Morgan fingerprint density at radius 3 is 3.06 bits per heavy atom.